The van der Waals surface area contributed by atoms with Crippen LogP contribution in [0.1, 0.15) is 18.1 Å². The molecule has 0 amide bonds. The van der Waals surface area contributed by atoms with Crippen LogP contribution in [0.25, 0.3) is 0 Å². The third-order valence-corrected chi connectivity index (χ3v) is 2.76. The number of hydrogen-bond donors (Lipinski definition) is 1. The summed E-state index contributed by atoms with van der Waals surface area (Å²) in [5.41, 5.74) is -0.389. The van der Waals surface area contributed by atoms with E-state index in [1.165, 1.54) is 12.1 Å². The van der Waals surface area contributed by atoms with E-state index < -0.39 is 11.7 Å². The minimum Gasteiger partial charge on any atom is -0.395 e. The molecule has 0 aliphatic heterocycles. The molecule has 1 unspecified atom stereocenters. The van der Waals surface area contributed by atoms with E-state index in [0.29, 0.717) is 0 Å². The SMILES string of the molecule is CC(CO)N(C)Cc1ccccc1C(F)(F)F. The molecule has 0 saturated carbocycles. The summed E-state index contributed by atoms with van der Waals surface area (Å²) in [5.74, 6) is 0. The van der Waals surface area contributed by atoms with Crippen molar-refractivity contribution < 1.29 is 18.3 Å². The lowest BCUT2D eigenvalue weighted by Crippen LogP contribution is -2.32. The first-order valence-electron chi connectivity index (χ1n) is 5.32. The molecule has 0 heterocycles. The van der Waals surface area contributed by atoms with Gasteiger partial charge in [-0.3, -0.25) is 4.90 Å². The number of aliphatic hydroxyl groups is 1. The smallest absolute Gasteiger partial charge is 0.395 e. The van der Waals surface area contributed by atoms with Gasteiger partial charge in [0, 0.05) is 12.6 Å². The van der Waals surface area contributed by atoms with Crippen molar-refractivity contribution in [2.24, 2.45) is 0 Å². The summed E-state index contributed by atoms with van der Waals surface area (Å²) in [4.78, 5) is 1.69. The van der Waals surface area contributed by atoms with Crippen LogP contribution in [0.3, 0.4) is 0 Å². The second-order valence-electron chi connectivity index (χ2n) is 4.10. The van der Waals surface area contributed by atoms with Crippen molar-refractivity contribution in [3.8, 4) is 0 Å². The van der Waals surface area contributed by atoms with Gasteiger partial charge in [0.1, 0.15) is 0 Å². The van der Waals surface area contributed by atoms with Crippen molar-refractivity contribution in [2.45, 2.75) is 25.7 Å². The predicted octanol–water partition coefficient (Wildman–Crippen LogP) is 2.52. The van der Waals surface area contributed by atoms with Crippen molar-refractivity contribution in [3.63, 3.8) is 0 Å². The molecule has 0 aromatic heterocycles. The molecule has 1 atom stereocenters. The molecule has 1 rings (SSSR count). The molecule has 0 saturated heterocycles. The van der Waals surface area contributed by atoms with E-state index in [0.717, 1.165) is 6.07 Å². The fraction of sp³-hybridized carbons (Fsp3) is 0.500. The van der Waals surface area contributed by atoms with Gasteiger partial charge in [-0.25, -0.2) is 0 Å². The molecule has 1 aromatic rings. The van der Waals surface area contributed by atoms with E-state index in [-0.39, 0.29) is 24.8 Å². The Hall–Kier alpha value is -1.07. The topological polar surface area (TPSA) is 23.5 Å². The Morgan fingerprint density at radius 1 is 1.29 bits per heavy atom. The molecular formula is C12H16F3NO. The van der Waals surface area contributed by atoms with Crippen molar-refractivity contribution in [1.29, 1.82) is 0 Å². The first-order chi connectivity index (χ1) is 7.86. The number of likely N-dealkylation sites (N-methyl/N-ethyl adjacent to an activating group) is 1. The van der Waals surface area contributed by atoms with Gasteiger partial charge in [-0.15, -0.1) is 0 Å². The quantitative estimate of drug-likeness (QED) is 0.883. The summed E-state index contributed by atoms with van der Waals surface area (Å²) >= 11 is 0. The van der Waals surface area contributed by atoms with Gasteiger partial charge < -0.3 is 5.11 Å². The molecule has 0 fully saturated rings. The second kappa shape index (κ2) is 5.51. The minimum absolute atomic E-state index is 0.0787. The maximum absolute atomic E-state index is 12.7. The Bertz CT molecular complexity index is 365. The predicted molar refractivity (Wildman–Crippen MR) is 59.5 cm³/mol. The van der Waals surface area contributed by atoms with E-state index >= 15 is 0 Å². The third-order valence-electron chi connectivity index (χ3n) is 2.76. The van der Waals surface area contributed by atoms with Gasteiger partial charge in [-0.2, -0.15) is 13.2 Å². The standard InChI is InChI=1S/C12H16F3NO/c1-9(8-17)16(2)7-10-5-3-4-6-11(10)12(13,14)15/h3-6,9,17H,7-8H2,1-2H3. The zero-order valence-corrected chi connectivity index (χ0v) is 9.83. The fourth-order valence-electron chi connectivity index (χ4n) is 1.50. The number of hydrogen-bond acceptors (Lipinski definition) is 2. The summed E-state index contributed by atoms with van der Waals surface area (Å²) in [5, 5.41) is 8.95. The maximum atomic E-state index is 12.7. The lowest BCUT2D eigenvalue weighted by Gasteiger charge is -2.24. The number of aliphatic hydroxyl groups excluding tert-OH is 1. The van der Waals surface area contributed by atoms with E-state index in [9.17, 15) is 13.2 Å². The molecule has 1 N–H and O–H groups in total. The first kappa shape index (κ1) is 14.0. The molecule has 0 bridgehead atoms. The highest BCUT2D eigenvalue weighted by Gasteiger charge is 2.33. The number of alkyl halides is 3. The molecule has 0 aliphatic rings. The molecule has 0 radical (unpaired) electrons. The van der Waals surface area contributed by atoms with Gasteiger partial charge in [-0.1, -0.05) is 18.2 Å². The molecule has 17 heavy (non-hydrogen) atoms. The van der Waals surface area contributed by atoms with E-state index in [1.54, 1.807) is 24.9 Å². The number of benzene rings is 1. The van der Waals surface area contributed by atoms with Crippen LogP contribution in [-0.4, -0.2) is 29.7 Å². The van der Waals surface area contributed by atoms with E-state index in [2.05, 4.69) is 0 Å². The lowest BCUT2D eigenvalue weighted by atomic mass is 10.1. The molecule has 96 valence electrons. The lowest BCUT2D eigenvalue weighted by molar-refractivity contribution is -0.138. The Kier molecular flexibility index (Phi) is 4.54. The molecule has 2 nitrogen and oxygen atoms in total. The normalized spacial score (nSPS) is 14.1. The summed E-state index contributed by atoms with van der Waals surface area (Å²) in [7, 11) is 1.69. The Morgan fingerprint density at radius 2 is 1.88 bits per heavy atom. The number of nitrogens with zero attached hydrogens (tertiary/aromatic N) is 1. The highest BCUT2D eigenvalue weighted by Crippen LogP contribution is 2.32. The van der Waals surface area contributed by atoms with Crippen molar-refractivity contribution >= 4 is 0 Å². The van der Waals surface area contributed by atoms with Gasteiger partial charge in [0.25, 0.3) is 0 Å². The molecular weight excluding hydrogens is 231 g/mol. The summed E-state index contributed by atoms with van der Waals surface area (Å²) in [6.07, 6.45) is -4.33. The summed E-state index contributed by atoms with van der Waals surface area (Å²) in [6, 6.07) is 5.33. The van der Waals surface area contributed by atoms with Gasteiger partial charge in [-0.05, 0) is 25.6 Å². The molecule has 5 heteroatoms. The molecule has 1 aromatic carbocycles. The summed E-state index contributed by atoms with van der Waals surface area (Å²) < 4.78 is 38.1. The first-order valence-corrected chi connectivity index (χ1v) is 5.32. The van der Waals surface area contributed by atoms with Crippen LogP contribution in [-0.2, 0) is 12.7 Å². The van der Waals surface area contributed by atoms with Crippen LogP contribution in [0.2, 0.25) is 0 Å². The highest BCUT2D eigenvalue weighted by atomic mass is 19.4. The van der Waals surface area contributed by atoms with Gasteiger partial charge in [0.15, 0.2) is 0 Å². The fourth-order valence-corrected chi connectivity index (χ4v) is 1.50. The highest BCUT2D eigenvalue weighted by molar-refractivity contribution is 5.29. The Labute approximate surface area is 98.7 Å². The van der Waals surface area contributed by atoms with Crippen LogP contribution in [0.4, 0.5) is 13.2 Å². The Balaban J connectivity index is 2.91. The van der Waals surface area contributed by atoms with Crippen LogP contribution in [0.5, 0.6) is 0 Å². The largest absolute Gasteiger partial charge is 0.416 e. The second-order valence-corrected chi connectivity index (χ2v) is 4.10. The van der Waals surface area contributed by atoms with Crippen molar-refractivity contribution in [3.05, 3.63) is 35.4 Å². The van der Waals surface area contributed by atoms with Crippen molar-refractivity contribution in [2.75, 3.05) is 13.7 Å². The third kappa shape index (κ3) is 3.71. The van der Waals surface area contributed by atoms with Crippen LogP contribution in [0.15, 0.2) is 24.3 Å². The van der Waals surface area contributed by atoms with Gasteiger partial charge in [0.05, 0.1) is 12.2 Å². The monoisotopic (exact) mass is 247 g/mol. The van der Waals surface area contributed by atoms with Crippen LogP contribution >= 0.6 is 0 Å². The van der Waals surface area contributed by atoms with E-state index in [1.807, 2.05) is 0 Å². The zero-order chi connectivity index (χ0) is 13.1. The maximum Gasteiger partial charge on any atom is 0.416 e. The van der Waals surface area contributed by atoms with Gasteiger partial charge in [0.2, 0.25) is 0 Å². The average Bonchev–Trinajstić information content (AvgIpc) is 2.27. The molecule has 0 aliphatic carbocycles. The van der Waals surface area contributed by atoms with Crippen LogP contribution < -0.4 is 0 Å². The average molecular weight is 247 g/mol. The number of rotatable bonds is 4. The molecule has 0 spiro atoms. The Morgan fingerprint density at radius 3 is 2.41 bits per heavy atom. The minimum atomic E-state index is -4.33. The zero-order valence-electron chi connectivity index (χ0n) is 9.83. The van der Waals surface area contributed by atoms with Gasteiger partial charge >= 0.3 is 6.18 Å². The summed E-state index contributed by atoms with van der Waals surface area (Å²) in [6.45, 7) is 1.85. The van der Waals surface area contributed by atoms with Crippen LogP contribution in [0, 0.1) is 0 Å². The number of halogens is 3. The van der Waals surface area contributed by atoms with Crippen molar-refractivity contribution in [1.82, 2.24) is 4.90 Å². The van der Waals surface area contributed by atoms with E-state index in [4.69, 9.17) is 5.11 Å².